The second-order valence-electron chi connectivity index (χ2n) is 6.76. The minimum absolute atomic E-state index is 0.186. The number of hydrogen-bond acceptors (Lipinski definition) is 4. The molecule has 0 radical (unpaired) electrons. The summed E-state index contributed by atoms with van der Waals surface area (Å²) >= 11 is 1.65. The summed E-state index contributed by atoms with van der Waals surface area (Å²) in [5.41, 5.74) is 3.30. The monoisotopic (exact) mass is 394 g/mol. The third-order valence-electron chi connectivity index (χ3n) is 5.28. The van der Waals surface area contributed by atoms with E-state index >= 15 is 0 Å². The van der Waals surface area contributed by atoms with Gasteiger partial charge in [-0.15, -0.1) is 11.3 Å². The van der Waals surface area contributed by atoms with Crippen LogP contribution in [0.2, 0.25) is 0 Å². The van der Waals surface area contributed by atoms with Gasteiger partial charge >= 0.3 is 0 Å². The van der Waals surface area contributed by atoms with Crippen LogP contribution in [0.1, 0.15) is 19.4 Å². The van der Waals surface area contributed by atoms with Crippen LogP contribution in [-0.2, 0) is 6.54 Å². The molecule has 0 unspecified atom stereocenters. The van der Waals surface area contributed by atoms with Crippen molar-refractivity contribution in [1.29, 1.82) is 0 Å². The summed E-state index contributed by atoms with van der Waals surface area (Å²) in [6.07, 6.45) is 1.90. The van der Waals surface area contributed by atoms with Crippen molar-refractivity contribution in [1.82, 2.24) is 9.88 Å². The molecular formula is C23H23FN2OS. The Morgan fingerprint density at radius 3 is 2.64 bits per heavy atom. The molecule has 3 nitrogen and oxygen atoms in total. The molecule has 2 aromatic carbocycles. The fourth-order valence-corrected chi connectivity index (χ4v) is 4.45. The van der Waals surface area contributed by atoms with Gasteiger partial charge in [0.15, 0.2) is 0 Å². The molecule has 0 aliphatic carbocycles. The first-order valence-corrected chi connectivity index (χ1v) is 10.4. The summed E-state index contributed by atoms with van der Waals surface area (Å²) in [5.74, 6) is 0.540. The minimum Gasteiger partial charge on any atom is -0.496 e. The van der Waals surface area contributed by atoms with E-state index < -0.39 is 0 Å². The Bertz CT molecular complexity index is 1130. The molecule has 0 saturated heterocycles. The van der Waals surface area contributed by atoms with Crippen molar-refractivity contribution < 1.29 is 9.13 Å². The Morgan fingerprint density at radius 2 is 1.93 bits per heavy atom. The largest absolute Gasteiger partial charge is 0.496 e. The van der Waals surface area contributed by atoms with Gasteiger partial charge in [0, 0.05) is 34.6 Å². The highest BCUT2D eigenvalue weighted by Crippen LogP contribution is 2.41. The van der Waals surface area contributed by atoms with Crippen LogP contribution in [0.3, 0.4) is 0 Å². The first-order chi connectivity index (χ1) is 13.7. The molecule has 0 atom stereocenters. The number of aromatic nitrogens is 1. The summed E-state index contributed by atoms with van der Waals surface area (Å²) in [7, 11) is 1.65. The molecule has 0 amide bonds. The van der Waals surface area contributed by atoms with Gasteiger partial charge in [0.2, 0.25) is 0 Å². The maximum atomic E-state index is 15.0. The molecule has 0 aliphatic rings. The lowest BCUT2D eigenvalue weighted by atomic mass is 9.96. The fraction of sp³-hybridized carbons (Fsp3) is 0.261. The third-order valence-corrected chi connectivity index (χ3v) is 6.13. The van der Waals surface area contributed by atoms with Gasteiger partial charge in [-0.2, -0.15) is 0 Å². The van der Waals surface area contributed by atoms with Crippen molar-refractivity contribution >= 4 is 32.3 Å². The molecule has 2 heterocycles. The number of pyridine rings is 1. The molecule has 0 N–H and O–H groups in total. The van der Waals surface area contributed by atoms with Gasteiger partial charge in [0.05, 0.1) is 17.3 Å². The summed E-state index contributed by atoms with van der Waals surface area (Å²) in [6.45, 7) is 6.60. The lowest BCUT2D eigenvalue weighted by molar-refractivity contribution is 0.291. The van der Waals surface area contributed by atoms with Crippen LogP contribution in [0.5, 0.6) is 5.75 Å². The van der Waals surface area contributed by atoms with E-state index in [0.29, 0.717) is 12.1 Å². The Labute approximate surface area is 168 Å². The van der Waals surface area contributed by atoms with Gasteiger partial charge in [0.25, 0.3) is 0 Å². The van der Waals surface area contributed by atoms with E-state index in [0.717, 1.165) is 51.0 Å². The number of thiophene rings is 1. The van der Waals surface area contributed by atoms with Gasteiger partial charge in [-0.05, 0) is 48.3 Å². The maximum Gasteiger partial charge on any atom is 0.128 e. The van der Waals surface area contributed by atoms with E-state index in [9.17, 15) is 4.39 Å². The Morgan fingerprint density at radius 1 is 1.11 bits per heavy atom. The molecule has 0 aliphatic heterocycles. The predicted molar refractivity (Wildman–Crippen MR) is 116 cm³/mol. The average molecular weight is 395 g/mol. The zero-order chi connectivity index (χ0) is 19.7. The number of methoxy groups -OCH3 is 1. The van der Waals surface area contributed by atoms with Crippen molar-refractivity contribution in [3.05, 3.63) is 59.4 Å². The Kier molecular flexibility index (Phi) is 5.29. The van der Waals surface area contributed by atoms with Gasteiger partial charge < -0.3 is 4.74 Å². The molecule has 4 aromatic rings. The number of benzene rings is 2. The number of hydrogen-bond donors (Lipinski definition) is 0. The lowest BCUT2D eigenvalue weighted by Gasteiger charge is -2.19. The zero-order valence-electron chi connectivity index (χ0n) is 16.3. The van der Waals surface area contributed by atoms with Crippen LogP contribution in [-0.4, -0.2) is 30.1 Å². The fourth-order valence-electron chi connectivity index (χ4n) is 3.68. The van der Waals surface area contributed by atoms with Crippen LogP contribution < -0.4 is 4.74 Å². The number of ether oxygens (including phenoxy) is 1. The van der Waals surface area contributed by atoms with Crippen LogP contribution >= 0.6 is 11.3 Å². The highest BCUT2D eigenvalue weighted by molar-refractivity contribution is 7.17. The predicted octanol–water partition coefficient (Wildman–Crippen LogP) is 6.11. The Hall–Kier alpha value is -2.50. The SMILES string of the molecule is CCN(CC)Cc1ccc(-c2c(OC)ccc3ncc4sccc4c23)cc1F. The molecule has 5 heteroatoms. The summed E-state index contributed by atoms with van der Waals surface area (Å²) in [6, 6.07) is 11.5. The molecule has 4 rings (SSSR count). The van der Waals surface area contributed by atoms with E-state index in [4.69, 9.17) is 4.74 Å². The van der Waals surface area contributed by atoms with Crippen LogP contribution in [0.15, 0.2) is 48.0 Å². The van der Waals surface area contributed by atoms with Gasteiger partial charge in [0.1, 0.15) is 11.6 Å². The first kappa shape index (κ1) is 18.8. The molecule has 2 aromatic heterocycles. The molecule has 0 bridgehead atoms. The van der Waals surface area contributed by atoms with E-state index in [1.807, 2.05) is 30.5 Å². The second kappa shape index (κ2) is 7.86. The van der Waals surface area contributed by atoms with Gasteiger partial charge in [-0.25, -0.2) is 4.39 Å². The molecule has 0 saturated carbocycles. The van der Waals surface area contributed by atoms with Crippen molar-refractivity contribution in [3.8, 4) is 16.9 Å². The highest BCUT2D eigenvalue weighted by atomic mass is 32.1. The van der Waals surface area contributed by atoms with Gasteiger partial charge in [-0.3, -0.25) is 9.88 Å². The van der Waals surface area contributed by atoms with Crippen LogP contribution in [0, 0.1) is 5.82 Å². The smallest absolute Gasteiger partial charge is 0.128 e. The standard InChI is InChI=1S/C23H23FN2OS/c1-4-26(5-2)14-16-7-6-15(12-18(16)24)22-20(27-3)9-8-19-23(22)17-10-11-28-21(17)13-25-19/h6-13H,4-5,14H2,1-3H3. The normalized spacial score (nSPS) is 11.6. The Balaban J connectivity index is 1.91. The van der Waals surface area contributed by atoms with Crippen molar-refractivity contribution in [2.24, 2.45) is 0 Å². The van der Waals surface area contributed by atoms with Crippen molar-refractivity contribution in [2.45, 2.75) is 20.4 Å². The van der Waals surface area contributed by atoms with Crippen molar-refractivity contribution in [3.63, 3.8) is 0 Å². The second-order valence-corrected chi connectivity index (χ2v) is 7.71. The van der Waals surface area contributed by atoms with Crippen LogP contribution in [0.4, 0.5) is 4.39 Å². The molecule has 144 valence electrons. The summed E-state index contributed by atoms with van der Waals surface area (Å²) in [4.78, 5) is 6.80. The number of rotatable bonds is 6. The zero-order valence-corrected chi connectivity index (χ0v) is 17.1. The molecule has 28 heavy (non-hydrogen) atoms. The van der Waals surface area contributed by atoms with Crippen LogP contribution in [0.25, 0.3) is 32.1 Å². The number of nitrogens with zero attached hydrogens (tertiary/aromatic N) is 2. The highest BCUT2D eigenvalue weighted by Gasteiger charge is 2.17. The average Bonchev–Trinajstić information content (AvgIpc) is 3.21. The van der Waals surface area contributed by atoms with E-state index in [-0.39, 0.29) is 5.82 Å². The quantitative estimate of drug-likeness (QED) is 0.395. The van der Waals surface area contributed by atoms with E-state index in [2.05, 4.69) is 35.2 Å². The minimum atomic E-state index is -0.186. The summed E-state index contributed by atoms with van der Waals surface area (Å²) < 4.78 is 21.7. The molecule has 0 fully saturated rings. The maximum absolute atomic E-state index is 15.0. The number of halogens is 1. The molecule has 0 spiro atoms. The van der Waals surface area contributed by atoms with Crippen molar-refractivity contribution in [2.75, 3.05) is 20.2 Å². The summed E-state index contributed by atoms with van der Waals surface area (Å²) in [5, 5.41) is 4.19. The number of fused-ring (bicyclic) bond motifs is 3. The van der Waals surface area contributed by atoms with Gasteiger partial charge in [-0.1, -0.05) is 26.0 Å². The molecular weight excluding hydrogens is 371 g/mol. The first-order valence-electron chi connectivity index (χ1n) is 9.50. The third kappa shape index (κ3) is 3.25. The van der Waals surface area contributed by atoms with E-state index in [1.165, 1.54) is 0 Å². The topological polar surface area (TPSA) is 25.4 Å². The van der Waals surface area contributed by atoms with E-state index in [1.54, 1.807) is 24.5 Å². The lowest BCUT2D eigenvalue weighted by Crippen LogP contribution is -2.22.